The van der Waals surface area contributed by atoms with Crippen molar-refractivity contribution in [3.63, 3.8) is 0 Å². The number of carbonyl (C=O) groups excluding carboxylic acids is 3. The van der Waals surface area contributed by atoms with Crippen molar-refractivity contribution in [3.8, 4) is 5.75 Å². The quantitative estimate of drug-likeness (QED) is 0.342. The van der Waals surface area contributed by atoms with Crippen LogP contribution in [0.2, 0.25) is 10.0 Å². The Morgan fingerprint density at radius 2 is 1.75 bits per heavy atom. The Balaban J connectivity index is 1.80. The van der Waals surface area contributed by atoms with Gasteiger partial charge in [0.2, 0.25) is 5.91 Å². The maximum Gasteiger partial charge on any atom is 0.269 e. The summed E-state index contributed by atoms with van der Waals surface area (Å²) >= 11 is 16.9. The summed E-state index contributed by atoms with van der Waals surface area (Å²) < 4.78 is 5.50. The van der Waals surface area contributed by atoms with Gasteiger partial charge in [0.15, 0.2) is 11.2 Å². The molecule has 0 aliphatic heterocycles. The van der Waals surface area contributed by atoms with Crippen molar-refractivity contribution in [2.45, 2.75) is 32.8 Å². The summed E-state index contributed by atoms with van der Waals surface area (Å²) in [6, 6.07) is 11.0. The van der Waals surface area contributed by atoms with E-state index in [0.717, 1.165) is 6.42 Å². The number of benzene rings is 2. The number of hydrogen-bond donors (Lipinski definition) is 4. The molecule has 2 aromatic carbocycles. The summed E-state index contributed by atoms with van der Waals surface area (Å²) in [5.74, 6) is -0.829. The summed E-state index contributed by atoms with van der Waals surface area (Å²) in [7, 11) is 0. The zero-order valence-electron chi connectivity index (χ0n) is 17.3. The zero-order valence-corrected chi connectivity index (χ0v) is 19.7. The maximum atomic E-state index is 12.2. The molecule has 0 radical (unpaired) electrons. The van der Waals surface area contributed by atoms with Crippen molar-refractivity contribution < 1.29 is 19.1 Å². The van der Waals surface area contributed by atoms with Crippen LogP contribution in [0, 0.1) is 0 Å². The number of amides is 3. The van der Waals surface area contributed by atoms with E-state index in [4.69, 9.17) is 40.2 Å². The van der Waals surface area contributed by atoms with Gasteiger partial charge in [-0.15, -0.1) is 0 Å². The van der Waals surface area contributed by atoms with Crippen LogP contribution < -0.4 is 26.2 Å². The fourth-order valence-corrected chi connectivity index (χ4v) is 3.01. The Morgan fingerprint density at radius 3 is 2.38 bits per heavy atom. The largest absolute Gasteiger partial charge is 0.479 e. The average Bonchev–Trinajstić information content (AvgIpc) is 2.74. The van der Waals surface area contributed by atoms with E-state index in [1.54, 1.807) is 36.4 Å². The predicted octanol–water partition coefficient (Wildman–Crippen LogP) is 3.84. The lowest BCUT2D eigenvalue weighted by Crippen LogP contribution is -2.51. The molecule has 0 bridgehead atoms. The highest BCUT2D eigenvalue weighted by atomic mass is 35.5. The summed E-state index contributed by atoms with van der Waals surface area (Å²) in [5, 5.41) is 5.72. The number of halogens is 2. The summed E-state index contributed by atoms with van der Waals surface area (Å²) in [4.78, 5) is 36.1. The van der Waals surface area contributed by atoms with Crippen molar-refractivity contribution in [3.05, 3.63) is 58.1 Å². The van der Waals surface area contributed by atoms with E-state index in [1.807, 2.05) is 6.92 Å². The highest BCUT2D eigenvalue weighted by Gasteiger charge is 2.18. The minimum Gasteiger partial charge on any atom is -0.479 e. The fraction of sp³-hybridized carbons (Fsp3) is 0.238. The lowest BCUT2D eigenvalue weighted by atomic mass is 10.2. The zero-order chi connectivity index (χ0) is 23.7. The van der Waals surface area contributed by atoms with Gasteiger partial charge in [-0.25, -0.2) is 0 Å². The van der Waals surface area contributed by atoms with E-state index in [2.05, 4.69) is 21.5 Å². The number of ether oxygens (including phenoxy) is 1. The van der Waals surface area contributed by atoms with Gasteiger partial charge in [0.1, 0.15) is 5.75 Å². The average molecular weight is 497 g/mol. The molecule has 0 aromatic heterocycles. The first-order chi connectivity index (χ1) is 15.2. The lowest BCUT2D eigenvalue weighted by Gasteiger charge is -2.17. The maximum absolute atomic E-state index is 12.2. The lowest BCUT2D eigenvalue weighted by molar-refractivity contribution is -0.125. The number of anilines is 1. The molecule has 1 atom stereocenters. The molecule has 170 valence electrons. The van der Waals surface area contributed by atoms with E-state index in [1.165, 1.54) is 13.0 Å². The molecule has 2 aromatic rings. The highest BCUT2D eigenvalue weighted by Crippen LogP contribution is 2.28. The van der Waals surface area contributed by atoms with Crippen molar-refractivity contribution in [1.82, 2.24) is 16.2 Å². The number of thiocarbonyl (C=S) groups is 1. The molecule has 0 saturated carbocycles. The number of nitrogens with one attached hydrogen (secondary N) is 4. The molecule has 0 saturated heterocycles. The Hall–Kier alpha value is -2.88. The number of rotatable bonds is 7. The Kier molecular flexibility index (Phi) is 9.70. The fourth-order valence-electron chi connectivity index (χ4n) is 2.40. The second kappa shape index (κ2) is 12.2. The van der Waals surface area contributed by atoms with Crippen LogP contribution in [-0.4, -0.2) is 28.9 Å². The summed E-state index contributed by atoms with van der Waals surface area (Å²) in [6.45, 7) is 3.43. The second-order valence-corrected chi connectivity index (χ2v) is 7.86. The van der Waals surface area contributed by atoms with Crippen molar-refractivity contribution >= 4 is 63.9 Å². The third kappa shape index (κ3) is 7.99. The molecule has 1 unspecified atom stereocenters. The van der Waals surface area contributed by atoms with Crippen LogP contribution in [0.5, 0.6) is 5.75 Å². The summed E-state index contributed by atoms with van der Waals surface area (Å²) in [5.41, 5.74) is 5.74. The number of hydrazine groups is 1. The van der Waals surface area contributed by atoms with Crippen LogP contribution in [0.15, 0.2) is 42.5 Å². The van der Waals surface area contributed by atoms with Crippen LogP contribution in [-0.2, 0) is 9.59 Å². The Bertz CT molecular complexity index is 1000. The van der Waals surface area contributed by atoms with Gasteiger partial charge in [0.25, 0.3) is 11.8 Å². The molecule has 0 aliphatic carbocycles. The van der Waals surface area contributed by atoms with Crippen LogP contribution in [0.1, 0.15) is 37.0 Å². The molecular weight excluding hydrogens is 475 g/mol. The third-order valence-corrected chi connectivity index (χ3v) is 4.74. The van der Waals surface area contributed by atoms with Gasteiger partial charge in [0, 0.05) is 22.7 Å². The van der Waals surface area contributed by atoms with E-state index >= 15 is 0 Å². The second-order valence-electron chi connectivity index (χ2n) is 6.61. The van der Waals surface area contributed by atoms with Gasteiger partial charge >= 0.3 is 0 Å². The number of carbonyl (C=O) groups is 3. The van der Waals surface area contributed by atoms with Crippen molar-refractivity contribution in [2.24, 2.45) is 0 Å². The van der Waals surface area contributed by atoms with Gasteiger partial charge in [-0.2, -0.15) is 0 Å². The first-order valence-corrected chi connectivity index (χ1v) is 10.8. The predicted molar refractivity (Wildman–Crippen MR) is 128 cm³/mol. The smallest absolute Gasteiger partial charge is 0.269 e. The summed E-state index contributed by atoms with van der Waals surface area (Å²) in [6.07, 6.45) is 0.250. The van der Waals surface area contributed by atoms with Gasteiger partial charge in [-0.3, -0.25) is 30.6 Å². The first-order valence-electron chi connectivity index (χ1n) is 9.62. The molecule has 8 nitrogen and oxygen atoms in total. The van der Waals surface area contributed by atoms with E-state index in [9.17, 15) is 14.4 Å². The van der Waals surface area contributed by atoms with Gasteiger partial charge in [0.05, 0.1) is 5.02 Å². The molecule has 0 fully saturated rings. The Labute approximate surface area is 201 Å². The van der Waals surface area contributed by atoms with Crippen LogP contribution >= 0.6 is 35.4 Å². The molecule has 0 aliphatic rings. The van der Waals surface area contributed by atoms with Crippen LogP contribution in [0.25, 0.3) is 0 Å². The topological polar surface area (TPSA) is 109 Å². The van der Waals surface area contributed by atoms with Crippen molar-refractivity contribution in [2.75, 3.05) is 5.32 Å². The Morgan fingerprint density at radius 1 is 1.06 bits per heavy atom. The number of hydrogen-bond acceptors (Lipinski definition) is 5. The van der Waals surface area contributed by atoms with E-state index < -0.39 is 17.9 Å². The standard InChI is InChI=1S/C21H22Cl2N4O4S/c1-3-4-18(28)24-15-8-5-13(6-9-15)20(30)26-27-21(32)25-19(29)12(2)31-17-10-7-14(22)11-16(17)23/h5-12H,3-4H2,1-2H3,(H,24,28)(H,26,30)(H2,25,27,29,32). The molecular formula is C21H22Cl2N4O4S. The van der Waals surface area contributed by atoms with Crippen LogP contribution in [0.4, 0.5) is 5.69 Å². The van der Waals surface area contributed by atoms with E-state index in [-0.39, 0.29) is 16.0 Å². The first kappa shape index (κ1) is 25.4. The molecule has 11 heteroatoms. The minimum atomic E-state index is -0.917. The van der Waals surface area contributed by atoms with Gasteiger partial charge < -0.3 is 10.1 Å². The normalized spacial score (nSPS) is 11.1. The minimum absolute atomic E-state index is 0.0935. The molecule has 0 spiro atoms. The molecule has 3 amide bonds. The molecule has 32 heavy (non-hydrogen) atoms. The molecule has 2 rings (SSSR count). The monoisotopic (exact) mass is 496 g/mol. The van der Waals surface area contributed by atoms with Crippen molar-refractivity contribution in [1.29, 1.82) is 0 Å². The van der Waals surface area contributed by atoms with Gasteiger partial charge in [-0.1, -0.05) is 30.1 Å². The van der Waals surface area contributed by atoms with Crippen LogP contribution in [0.3, 0.4) is 0 Å². The molecule has 4 N–H and O–H groups in total. The van der Waals surface area contributed by atoms with E-state index in [0.29, 0.717) is 28.4 Å². The SMILES string of the molecule is CCCC(=O)Nc1ccc(C(=O)NNC(=S)NC(=O)C(C)Oc2ccc(Cl)cc2Cl)cc1. The van der Waals surface area contributed by atoms with Gasteiger partial charge in [-0.05, 0) is 68.0 Å². The highest BCUT2D eigenvalue weighted by molar-refractivity contribution is 7.80. The third-order valence-electron chi connectivity index (χ3n) is 4.00. The molecule has 0 heterocycles.